The molecule has 0 aromatic heterocycles. The first-order chi connectivity index (χ1) is 8.19. The van der Waals surface area contributed by atoms with Gasteiger partial charge >= 0.3 is 0 Å². The van der Waals surface area contributed by atoms with E-state index in [-0.39, 0.29) is 6.04 Å². The van der Waals surface area contributed by atoms with Crippen molar-refractivity contribution in [1.82, 2.24) is 9.80 Å². The van der Waals surface area contributed by atoms with Crippen molar-refractivity contribution in [2.24, 2.45) is 11.7 Å². The van der Waals surface area contributed by atoms with Gasteiger partial charge in [-0.3, -0.25) is 0 Å². The molecule has 2 N–H and O–H groups in total. The van der Waals surface area contributed by atoms with Gasteiger partial charge in [-0.2, -0.15) is 0 Å². The van der Waals surface area contributed by atoms with Crippen LogP contribution < -0.4 is 5.73 Å². The van der Waals surface area contributed by atoms with Crippen LogP contribution in [0.2, 0.25) is 0 Å². The van der Waals surface area contributed by atoms with E-state index < -0.39 is 6.17 Å². The molecule has 0 spiro atoms. The maximum atomic E-state index is 13.5. The fourth-order valence-corrected chi connectivity index (χ4v) is 3.00. The van der Waals surface area contributed by atoms with Gasteiger partial charge in [-0.15, -0.1) is 0 Å². The van der Waals surface area contributed by atoms with Crippen LogP contribution >= 0.6 is 0 Å². The monoisotopic (exact) mass is 243 g/mol. The van der Waals surface area contributed by atoms with Gasteiger partial charge in [-0.1, -0.05) is 6.92 Å². The topological polar surface area (TPSA) is 32.5 Å². The second-order valence-corrected chi connectivity index (χ2v) is 5.61. The zero-order valence-electron chi connectivity index (χ0n) is 10.9. The van der Waals surface area contributed by atoms with Crippen LogP contribution in [0.15, 0.2) is 0 Å². The number of halogens is 1. The molecule has 2 heterocycles. The maximum Gasteiger partial charge on any atom is 0.128 e. The Morgan fingerprint density at radius 3 is 2.35 bits per heavy atom. The van der Waals surface area contributed by atoms with Crippen LogP contribution in [-0.4, -0.2) is 61.3 Å². The third-order valence-corrected chi connectivity index (χ3v) is 4.35. The standard InChI is InChI=1S/C13H26FN3/c1-2-16-6-3-11(4-7-16)9-17-8-5-13(15)12(14)10-17/h11-13H,2-10,15H2,1H3. The van der Waals surface area contributed by atoms with Crippen LogP contribution in [0, 0.1) is 5.92 Å². The largest absolute Gasteiger partial charge is 0.325 e. The van der Waals surface area contributed by atoms with E-state index in [9.17, 15) is 4.39 Å². The van der Waals surface area contributed by atoms with E-state index in [2.05, 4.69) is 16.7 Å². The molecule has 0 saturated carbocycles. The molecule has 4 heteroatoms. The molecule has 0 amide bonds. The average molecular weight is 243 g/mol. The predicted molar refractivity (Wildman–Crippen MR) is 68.8 cm³/mol. The van der Waals surface area contributed by atoms with Crippen molar-refractivity contribution in [2.45, 2.75) is 38.4 Å². The van der Waals surface area contributed by atoms with Crippen LogP contribution in [0.25, 0.3) is 0 Å². The molecule has 2 rings (SSSR count). The molecular weight excluding hydrogens is 217 g/mol. The van der Waals surface area contributed by atoms with Crippen molar-refractivity contribution in [2.75, 3.05) is 39.3 Å². The van der Waals surface area contributed by atoms with Crippen LogP contribution in [0.3, 0.4) is 0 Å². The number of hydrogen-bond acceptors (Lipinski definition) is 3. The fourth-order valence-electron chi connectivity index (χ4n) is 3.00. The quantitative estimate of drug-likeness (QED) is 0.805. The van der Waals surface area contributed by atoms with E-state index in [4.69, 9.17) is 5.73 Å². The Hall–Kier alpha value is -0.190. The summed E-state index contributed by atoms with van der Waals surface area (Å²) in [5, 5.41) is 0. The Bertz CT molecular complexity index is 229. The Kier molecular flexibility index (Phi) is 4.77. The lowest BCUT2D eigenvalue weighted by Gasteiger charge is -2.37. The number of nitrogens with zero attached hydrogens (tertiary/aromatic N) is 2. The molecular formula is C13H26FN3. The molecule has 17 heavy (non-hydrogen) atoms. The minimum atomic E-state index is -0.820. The van der Waals surface area contributed by atoms with Crippen molar-refractivity contribution in [1.29, 1.82) is 0 Å². The molecule has 0 aliphatic carbocycles. The van der Waals surface area contributed by atoms with Gasteiger partial charge < -0.3 is 15.5 Å². The van der Waals surface area contributed by atoms with Crippen LogP contribution in [0.4, 0.5) is 4.39 Å². The highest BCUT2D eigenvalue weighted by Gasteiger charge is 2.28. The van der Waals surface area contributed by atoms with Gasteiger partial charge in [-0.05, 0) is 51.4 Å². The Labute approximate surface area is 104 Å². The minimum absolute atomic E-state index is 0.229. The summed E-state index contributed by atoms with van der Waals surface area (Å²) in [5.41, 5.74) is 5.70. The van der Waals surface area contributed by atoms with Gasteiger partial charge in [-0.25, -0.2) is 4.39 Å². The third-order valence-electron chi connectivity index (χ3n) is 4.35. The van der Waals surface area contributed by atoms with E-state index in [1.54, 1.807) is 0 Å². The Morgan fingerprint density at radius 2 is 1.76 bits per heavy atom. The zero-order chi connectivity index (χ0) is 12.3. The van der Waals surface area contributed by atoms with E-state index in [1.165, 1.54) is 25.9 Å². The molecule has 0 aromatic carbocycles. The second-order valence-electron chi connectivity index (χ2n) is 5.61. The average Bonchev–Trinajstić information content (AvgIpc) is 2.35. The highest BCUT2D eigenvalue weighted by Crippen LogP contribution is 2.20. The fraction of sp³-hybridized carbons (Fsp3) is 1.00. The molecule has 2 unspecified atom stereocenters. The maximum absolute atomic E-state index is 13.5. The van der Waals surface area contributed by atoms with E-state index in [0.717, 1.165) is 32.0 Å². The number of alkyl halides is 1. The molecule has 2 aliphatic heterocycles. The lowest BCUT2D eigenvalue weighted by atomic mass is 9.94. The first kappa shape index (κ1) is 13.2. The van der Waals surface area contributed by atoms with Gasteiger partial charge in [0.05, 0.1) is 0 Å². The summed E-state index contributed by atoms with van der Waals surface area (Å²) in [7, 11) is 0. The lowest BCUT2D eigenvalue weighted by Crippen LogP contribution is -2.50. The molecule has 2 fully saturated rings. The molecule has 0 aromatic rings. The predicted octanol–water partition coefficient (Wildman–Crippen LogP) is 1.09. The number of likely N-dealkylation sites (tertiary alicyclic amines) is 2. The molecule has 2 saturated heterocycles. The summed E-state index contributed by atoms with van der Waals surface area (Å²) in [6.07, 6.45) is 2.54. The summed E-state index contributed by atoms with van der Waals surface area (Å²) in [4.78, 5) is 4.78. The first-order valence-corrected chi connectivity index (χ1v) is 7.03. The van der Waals surface area contributed by atoms with Gasteiger partial charge in [0.2, 0.25) is 0 Å². The smallest absolute Gasteiger partial charge is 0.128 e. The zero-order valence-corrected chi connectivity index (χ0v) is 10.9. The second kappa shape index (κ2) is 6.12. The normalized spacial score (nSPS) is 34.1. The van der Waals surface area contributed by atoms with Crippen LogP contribution in [0.1, 0.15) is 26.2 Å². The number of rotatable bonds is 3. The van der Waals surface area contributed by atoms with Gasteiger partial charge in [0.15, 0.2) is 0 Å². The van der Waals surface area contributed by atoms with Crippen molar-refractivity contribution in [3.8, 4) is 0 Å². The summed E-state index contributed by atoms with van der Waals surface area (Å²) in [6.45, 7) is 8.43. The van der Waals surface area contributed by atoms with Gasteiger partial charge in [0.1, 0.15) is 6.17 Å². The summed E-state index contributed by atoms with van der Waals surface area (Å²) in [6, 6.07) is -0.229. The lowest BCUT2D eigenvalue weighted by molar-refractivity contribution is 0.0867. The Morgan fingerprint density at radius 1 is 1.12 bits per heavy atom. The summed E-state index contributed by atoms with van der Waals surface area (Å²) in [5.74, 6) is 0.763. The third kappa shape index (κ3) is 3.63. The summed E-state index contributed by atoms with van der Waals surface area (Å²) >= 11 is 0. The van der Waals surface area contributed by atoms with Crippen LogP contribution in [0.5, 0.6) is 0 Å². The number of piperidine rings is 2. The van der Waals surface area contributed by atoms with E-state index in [1.807, 2.05) is 0 Å². The minimum Gasteiger partial charge on any atom is -0.325 e. The van der Waals surface area contributed by atoms with Crippen molar-refractivity contribution in [3.05, 3.63) is 0 Å². The SMILES string of the molecule is CCN1CCC(CN2CCC(N)C(F)C2)CC1. The summed E-state index contributed by atoms with van der Waals surface area (Å²) < 4.78 is 13.5. The number of hydrogen-bond donors (Lipinski definition) is 1. The first-order valence-electron chi connectivity index (χ1n) is 7.03. The highest BCUT2D eigenvalue weighted by atomic mass is 19.1. The molecule has 0 bridgehead atoms. The van der Waals surface area contributed by atoms with Crippen molar-refractivity contribution in [3.63, 3.8) is 0 Å². The molecule has 2 aliphatic rings. The highest BCUT2D eigenvalue weighted by molar-refractivity contribution is 4.84. The van der Waals surface area contributed by atoms with Gasteiger partial charge in [0, 0.05) is 19.1 Å². The van der Waals surface area contributed by atoms with E-state index >= 15 is 0 Å². The van der Waals surface area contributed by atoms with Crippen LogP contribution in [-0.2, 0) is 0 Å². The molecule has 2 atom stereocenters. The molecule has 3 nitrogen and oxygen atoms in total. The van der Waals surface area contributed by atoms with E-state index in [0.29, 0.717) is 6.54 Å². The van der Waals surface area contributed by atoms with Crippen molar-refractivity contribution < 1.29 is 4.39 Å². The molecule has 100 valence electrons. The Balaban J connectivity index is 1.71. The van der Waals surface area contributed by atoms with Gasteiger partial charge in [0.25, 0.3) is 0 Å². The number of nitrogens with two attached hydrogens (primary N) is 1. The van der Waals surface area contributed by atoms with Crippen molar-refractivity contribution >= 4 is 0 Å². The molecule has 0 radical (unpaired) electrons.